The lowest BCUT2D eigenvalue weighted by atomic mass is 9.98. The summed E-state index contributed by atoms with van der Waals surface area (Å²) in [6.45, 7) is 0.1000. The van der Waals surface area contributed by atoms with Crippen LogP contribution in [-0.4, -0.2) is 35.6 Å². The number of nitrogens with one attached hydrogen (secondary N) is 1. The summed E-state index contributed by atoms with van der Waals surface area (Å²) in [6.07, 6.45) is 0.578. The van der Waals surface area contributed by atoms with Crippen molar-refractivity contribution >= 4 is 17.8 Å². The van der Waals surface area contributed by atoms with Crippen LogP contribution in [0.5, 0.6) is 0 Å². The largest absolute Gasteiger partial charge is 0.480 e. The van der Waals surface area contributed by atoms with Crippen molar-refractivity contribution in [2.45, 2.75) is 31.2 Å². The first kappa shape index (κ1) is 18.2. The Labute approximate surface area is 162 Å². The number of carbonyl (C=O) groups excluding carboxylic acids is 2. The number of carboxylic acids is 1. The quantitative estimate of drug-likeness (QED) is 0.770. The molecule has 0 saturated heterocycles. The van der Waals surface area contributed by atoms with Crippen molar-refractivity contribution in [3.63, 3.8) is 0 Å². The molecule has 6 heteroatoms. The second kappa shape index (κ2) is 7.46. The summed E-state index contributed by atoms with van der Waals surface area (Å²) < 4.78 is 5.35. The summed E-state index contributed by atoms with van der Waals surface area (Å²) in [5.74, 6) is -1.51. The van der Waals surface area contributed by atoms with Crippen LogP contribution in [0.15, 0.2) is 48.5 Å². The number of benzene rings is 2. The van der Waals surface area contributed by atoms with Gasteiger partial charge in [0.05, 0.1) is 0 Å². The third-order valence-corrected chi connectivity index (χ3v) is 5.37. The summed E-state index contributed by atoms with van der Waals surface area (Å²) in [7, 11) is 0. The van der Waals surface area contributed by atoms with Gasteiger partial charge >= 0.3 is 12.1 Å². The van der Waals surface area contributed by atoms with Crippen LogP contribution >= 0.6 is 0 Å². The summed E-state index contributed by atoms with van der Waals surface area (Å²) in [4.78, 5) is 35.5. The molecule has 4 rings (SSSR count). The van der Waals surface area contributed by atoms with E-state index in [1.54, 1.807) is 0 Å². The molecule has 1 atom stereocenters. The molecule has 2 N–H and O–H groups in total. The fraction of sp³-hybridized carbons (Fsp3) is 0.318. The molecule has 2 aliphatic carbocycles. The average molecular weight is 379 g/mol. The van der Waals surface area contributed by atoms with Crippen molar-refractivity contribution in [1.82, 2.24) is 5.32 Å². The number of hydrogen-bond acceptors (Lipinski definition) is 4. The maximum Gasteiger partial charge on any atom is 0.407 e. The van der Waals surface area contributed by atoms with E-state index in [0.717, 1.165) is 35.1 Å². The smallest absolute Gasteiger partial charge is 0.407 e. The third kappa shape index (κ3) is 3.63. The fourth-order valence-electron chi connectivity index (χ4n) is 3.76. The zero-order valence-corrected chi connectivity index (χ0v) is 15.3. The molecule has 0 aliphatic heterocycles. The van der Waals surface area contributed by atoms with Crippen molar-refractivity contribution in [3.05, 3.63) is 59.7 Å². The fourth-order valence-corrected chi connectivity index (χ4v) is 3.76. The standard InChI is InChI=1S/C22H21NO5/c24-20(13-9-10-13)11-19(21(25)26)23-22(27)28-12-18-16-7-3-1-5-14(16)15-6-2-4-8-17(15)18/h1-8,13,18-19H,9-12H2,(H,23,27)(H,25,26). The zero-order chi connectivity index (χ0) is 19.7. The highest BCUT2D eigenvalue weighted by atomic mass is 16.5. The Morgan fingerprint density at radius 3 is 2.11 bits per heavy atom. The number of aliphatic carboxylic acids is 1. The van der Waals surface area contributed by atoms with Gasteiger partial charge in [0.2, 0.25) is 0 Å². The van der Waals surface area contributed by atoms with Crippen LogP contribution in [0.4, 0.5) is 4.79 Å². The zero-order valence-electron chi connectivity index (χ0n) is 15.3. The summed E-state index contributed by atoms with van der Waals surface area (Å²) >= 11 is 0. The number of ether oxygens (including phenoxy) is 1. The first-order chi connectivity index (χ1) is 13.5. The lowest BCUT2D eigenvalue weighted by Gasteiger charge is -2.17. The van der Waals surface area contributed by atoms with E-state index < -0.39 is 18.1 Å². The van der Waals surface area contributed by atoms with Gasteiger partial charge in [-0.05, 0) is 35.1 Å². The van der Waals surface area contributed by atoms with E-state index in [1.807, 2.05) is 48.5 Å². The predicted octanol–water partition coefficient (Wildman–Crippen LogP) is 3.35. The predicted molar refractivity (Wildman–Crippen MR) is 102 cm³/mol. The molecule has 2 aliphatic rings. The van der Waals surface area contributed by atoms with Crippen molar-refractivity contribution in [3.8, 4) is 11.1 Å². The number of fused-ring (bicyclic) bond motifs is 3. The molecule has 1 saturated carbocycles. The molecule has 144 valence electrons. The van der Waals surface area contributed by atoms with E-state index in [2.05, 4.69) is 5.32 Å². The van der Waals surface area contributed by atoms with Crippen molar-refractivity contribution < 1.29 is 24.2 Å². The average Bonchev–Trinajstić information content (AvgIpc) is 3.49. The summed E-state index contributed by atoms with van der Waals surface area (Å²) in [5, 5.41) is 11.6. The topological polar surface area (TPSA) is 92.7 Å². The number of rotatable bonds is 7. The first-order valence-electron chi connectivity index (χ1n) is 9.41. The Hall–Kier alpha value is -3.15. The number of Topliss-reactive ketones (excluding diaryl/α,β-unsaturated/α-hetero) is 1. The Morgan fingerprint density at radius 2 is 1.57 bits per heavy atom. The van der Waals surface area contributed by atoms with Gasteiger partial charge in [0, 0.05) is 18.3 Å². The highest BCUT2D eigenvalue weighted by Gasteiger charge is 2.34. The highest BCUT2D eigenvalue weighted by molar-refractivity contribution is 5.90. The van der Waals surface area contributed by atoms with Crippen molar-refractivity contribution in [1.29, 1.82) is 0 Å². The molecule has 1 unspecified atom stereocenters. The van der Waals surface area contributed by atoms with Gasteiger partial charge in [-0.15, -0.1) is 0 Å². The molecule has 0 heterocycles. The number of ketones is 1. The molecule has 2 aromatic rings. The van der Waals surface area contributed by atoms with Gasteiger partial charge in [0.25, 0.3) is 0 Å². The van der Waals surface area contributed by atoms with E-state index in [1.165, 1.54) is 0 Å². The van der Waals surface area contributed by atoms with E-state index in [9.17, 15) is 19.5 Å². The van der Waals surface area contributed by atoms with E-state index >= 15 is 0 Å². The van der Waals surface area contributed by atoms with Gasteiger partial charge in [-0.25, -0.2) is 9.59 Å². The minimum absolute atomic E-state index is 0.0498. The lowest BCUT2D eigenvalue weighted by Crippen LogP contribution is -2.43. The summed E-state index contributed by atoms with van der Waals surface area (Å²) in [6, 6.07) is 14.7. The molecule has 0 radical (unpaired) electrons. The van der Waals surface area contributed by atoms with Gasteiger partial charge in [0.15, 0.2) is 0 Å². The van der Waals surface area contributed by atoms with Crippen LogP contribution in [0.2, 0.25) is 0 Å². The van der Waals surface area contributed by atoms with E-state index in [4.69, 9.17) is 4.74 Å². The van der Waals surface area contributed by atoms with Crippen LogP contribution < -0.4 is 5.32 Å². The van der Waals surface area contributed by atoms with E-state index in [0.29, 0.717) is 0 Å². The van der Waals surface area contributed by atoms with E-state index in [-0.39, 0.29) is 30.6 Å². The van der Waals surface area contributed by atoms with Gasteiger partial charge < -0.3 is 15.2 Å². The van der Waals surface area contributed by atoms with Crippen LogP contribution in [0, 0.1) is 5.92 Å². The molecule has 1 amide bonds. The molecule has 0 bridgehead atoms. The maximum absolute atomic E-state index is 12.2. The van der Waals surface area contributed by atoms with Gasteiger partial charge in [-0.3, -0.25) is 4.79 Å². The van der Waals surface area contributed by atoms with Gasteiger partial charge in [-0.2, -0.15) is 0 Å². The molecule has 2 aromatic carbocycles. The Bertz CT molecular complexity index is 889. The Kier molecular flexibility index (Phi) is 4.86. The van der Waals surface area contributed by atoms with Gasteiger partial charge in [0.1, 0.15) is 18.4 Å². The minimum Gasteiger partial charge on any atom is -0.480 e. The molecule has 6 nitrogen and oxygen atoms in total. The van der Waals surface area contributed by atoms with Gasteiger partial charge in [-0.1, -0.05) is 48.5 Å². The second-order valence-corrected chi connectivity index (χ2v) is 7.31. The molecular weight excluding hydrogens is 358 g/mol. The maximum atomic E-state index is 12.2. The Morgan fingerprint density at radius 1 is 1.00 bits per heavy atom. The lowest BCUT2D eigenvalue weighted by molar-refractivity contribution is -0.141. The highest BCUT2D eigenvalue weighted by Crippen LogP contribution is 2.44. The van der Waals surface area contributed by atoms with Crippen LogP contribution in [-0.2, 0) is 14.3 Å². The molecular formula is C22H21NO5. The van der Waals surface area contributed by atoms with Crippen LogP contribution in [0.1, 0.15) is 36.3 Å². The second-order valence-electron chi connectivity index (χ2n) is 7.31. The molecule has 28 heavy (non-hydrogen) atoms. The van der Waals surface area contributed by atoms with Crippen LogP contribution in [0.3, 0.4) is 0 Å². The molecule has 0 aromatic heterocycles. The number of hydrogen-bond donors (Lipinski definition) is 2. The molecule has 0 spiro atoms. The number of amides is 1. The summed E-state index contributed by atoms with van der Waals surface area (Å²) in [5.41, 5.74) is 4.39. The Balaban J connectivity index is 1.41. The third-order valence-electron chi connectivity index (χ3n) is 5.37. The monoisotopic (exact) mass is 379 g/mol. The normalized spacial score (nSPS) is 16.0. The van der Waals surface area contributed by atoms with Crippen LogP contribution in [0.25, 0.3) is 11.1 Å². The number of carbonyl (C=O) groups is 3. The van der Waals surface area contributed by atoms with Crippen molar-refractivity contribution in [2.75, 3.05) is 6.61 Å². The first-order valence-corrected chi connectivity index (χ1v) is 9.41. The van der Waals surface area contributed by atoms with Crippen molar-refractivity contribution in [2.24, 2.45) is 5.92 Å². The number of carboxylic acid groups (broad SMARTS) is 1. The minimum atomic E-state index is -1.26. The SMILES string of the molecule is O=C(NC(CC(=O)C1CC1)C(=O)O)OCC1c2ccccc2-c2ccccc21. The number of alkyl carbamates (subject to hydrolysis) is 1. The molecule has 1 fully saturated rings.